The first-order valence-electron chi connectivity index (χ1n) is 9.67. The largest absolute Gasteiger partial charge is 0.508 e. The number of hydrogen-bond acceptors (Lipinski definition) is 8. The fourth-order valence-corrected chi connectivity index (χ4v) is 3.79. The van der Waals surface area contributed by atoms with Crippen LogP contribution < -0.4 is 10.2 Å². The molecule has 8 nitrogen and oxygen atoms in total. The van der Waals surface area contributed by atoms with Crippen LogP contribution in [-0.2, 0) is 6.54 Å². The van der Waals surface area contributed by atoms with E-state index >= 15 is 0 Å². The summed E-state index contributed by atoms with van der Waals surface area (Å²) in [5.74, 6) is -0.766. The fraction of sp³-hybridized carbons (Fsp3) is 0.318. The van der Waals surface area contributed by atoms with Gasteiger partial charge in [-0.3, -0.25) is 9.69 Å². The summed E-state index contributed by atoms with van der Waals surface area (Å²) in [6.45, 7) is 3.74. The van der Waals surface area contributed by atoms with E-state index in [1.165, 1.54) is 25.5 Å². The van der Waals surface area contributed by atoms with Gasteiger partial charge in [0.05, 0.1) is 18.2 Å². The van der Waals surface area contributed by atoms with Crippen molar-refractivity contribution in [2.45, 2.75) is 6.54 Å². The third-order valence-electron chi connectivity index (χ3n) is 5.58. The zero-order chi connectivity index (χ0) is 21.4. The smallest absolute Gasteiger partial charge is 0.204 e. The number of piperazine rings is 1. The van der Waals surface area contributed by atoms with Crippen molar-refractivity contribution >= 4 is 11.0 Å². The number of phenolic OH excluding ortho intramolecular Hbond substituents is 3. The Hall–Kier alpha value is -3.23. The summed E-state index contributed by atoms with van der Waals surface area (Å²) < 4.78 is 11.0. The Balaban J connectivity index is 1.88. The van der Waals surface area contributed by atoms with Gasteiger partial charge in [-0.2, -0.15) is 0 Å². The molecule has 0 spiro atoms. The van der Waals surface area contributed by atoms with E-state index in [0.717, 1.165) is 26.2 Å². The molecule has 2 aromatic carbocycles. The molecule has 2 heterocycles. The highest BCUT2D eigenvalue weighted by Crippen LogP contribution is 2.45. The molecule has 8 heteroatoms. The Labute approximate surface area is 173 Å². The normalized spacial score (nSPS) is 15.5. The van der Waals surface area contributed by atoms with Crippen molar-refractivity contribution in [2.75, 3.05) is 40.3 Å². The second-order valence-corrected chi connectivity index (χ2v) is 7.52. The van der Waals surface area contributed by atoms with Crippen LogP contribution in [0.25, 0.3) is 22.1 Å². The van der Waals surface area contributed by atoms with E-state index in [1.54, 1.807) is 12.1 Å². The zero-order valence-electron chi connectivity index (χ0n) is 16.9. The quantitative estimate of drug-likeness (QED) is 0.600. The van der Waals surface area contributed by atoms with E-state index in [1.807, 2.05) is 0 Å². The highest BCUT2D eigenvalue weighted by atomic mass is 16.5. The van der Waals surface area contributed by atoms with Gasteiger partial charge in [-0.05, 0) is 24.7 Å². The summed E-state index contributed by atoms with van der Waals surface area (Å²) in [6, 6.07) is 6.12. The second-order valence-electron chi connectivity index (χ2n) is 7.52. The van der Waals surface area contributed by atoms with Gasteiger partial charge in [0.15, 0.2) is 11.5 Å². The van der Waals surface area contributed by atoms with Crippen molar-refractivity contribution < 1.29 is 24.5 Å². The van der Waals surface area contributed by atoms with Gasteiger partial charge in [0, 0.05) is 32.7 Å². The van der Waals surface area contributed by atoms with Crippen LogP contribution in [0.3, 0.4) is 0 Å². The van der Waals surface area contributed by atoms with Gasteiger partial charge < -0.3 is 29.4 Å². The van der Waals surface area contributed by atoms with E-state index < -0.39 is 11.2 Å². The van der Waals surface area contributed by atoms with Crippen LogP contribution in [0.2, 0.25) is 0 Å². The molecule has 0 saturated carbocycles. The summed E-state index contributed by atoms with van der Waals surface area (Å²) in [7, 11) is 3.38. The van der Waals surface area contributed by atoms with Gasteiger partial charge >= 0.3 is 0 Å². The van der Waals surface area contributed by atoms with Crippen molar-refractivity contribution in [1.82, 2.24) is 9.80 Å². The highest BCUT2D eigenvalue weighted by molar-refractivity contribution is 5.93. The Morgan fingerprint density at radius 1 is 1.03 bits per heavy atom. The van der Waals surface area contributed by atoms with Gasteiger partial charge in [-0.25, -0.2) is 0 Å². The van der Waals surface area contributed by atoms with Crippen molar-refractivity contribution in [3.63, 3.8) is 0 Å². The molecule has 1 fully saturated rings. The summed E-state index contributed by atoms with van der Waals surface area (Å²) in [4.78, 5) is 17.6. The maximum atomic E-state index is 13.3. The second kappa shape index (κ2) is 7.89. The fourth-order valence-electron chi connectivity index (χ4n) is 3.79. The maximum absolute atomic E-state index is 13.3. The number of aromatic hydroxyl groups is 3. The lowest BCUT2D eigenvalue weighted by atomic mass is 10.0. The number of fused-ring (bicyclic) bond motifs is 1. The first-order chi connectivity index (χ1) is 14.4. The molecule has 30 heavy (non-hydrogen) atoms. The molecular formula is C22H24N2O6. The molecule has 0 unspecified atom stereocenters. The molecule has 1 aromatic heterocycles. The van der Waals surface area contributed by atoms with Gasteiger partial charge in [-0.15, -0.1) is 0 Å². The van der Waals surface area contributed by atoms with Crippen LogP contribution in [0.5, 0.6) is 23.0 Å². The Morgan fingerprint density at radius 2 is 1.70 bits per heavy atom. The van der Waals surface area contributed by atoms with Crippen molar-refractivity contribution in [3.05, 3.63) is 46.3 Å². The van der Waals surface area contributed by atoms with E-state index in [9.17, 15) is 20.1 Å². The molecule has 158 valence electrons. The highest BCUT2D eigenvalue weighted by Gasteiger charge is 2.27. The average molecular weight is 412 g/mol. The summed E-state index contributed by atoms with van der Waals surface area (Å²) in [6.07, 6.45) is 1.32. The van der Waals surface area contributed by atoms with Crippen LogP contribution in [0, 0.1) is 0 Å². The van der Waals surface area contributed by atoms with Gasteiger partial charge in [0.1, 0.15) is 23.0 Å². The number of benzene rings is 2. The number of rotatable bonds is 4. The predicted octanol–water partition coefficient (Wildman–Crippen LogP) is 2.33. The SMILES string of the molecule is COc1c(O)c(CN2CCN(C)CC2)c2occ(-c3ccc(O)cc3)c(=O)c2c1O. The molecule has 3 aromatic rings. The van der Waals surface area contributed by atoms with Crippen LogP contribution in [0.4, 0.5) is 0 Å². The molecule has 4 rings (SSSR count). The molecule has 3 N–H and O–H groups in total. The van der Waals surface area contributed by atoms with E-state index in [-0.39, 0.29) is 33.8 Å². The van der Waals surface area contributed by atoms with Gasteiger partial charge in [0.2, 0.25) is 11.2 Å². The molecule has 1 saturated heterocycles. The number of phenols is 3. The molecular weight excluding hydrogens is 388 g/mol. The number of hydrogen-bond donors (Lipinski definition) is 3. The van der Waals surface area contributed by atoms with Crippen molar-refractivity contribution in [1.29, 1.82) is 0 Å². The van der Waals surface area contributed by atoms with Crippen LogP contribution in [0.15, 0.2) is 39.7 Å². The first-order valence-corrected chi connectivity index (χ1v) is 9.67. The number of likely N-dealkylation sites (N-methyl/N-ethyl adjacent to an activating group) is 1. The van der Waals surface area contributed by atoms with Crippen LogP contribution in [0.1, 0.15) is 5.56 Å². The minimum atomic E-state index is -0.457. The molecule has 0 bridgehead atoms. The minimum Gasteiger partial charge on any atom is -0.508 e. The Bertz CT molecular complexity index is 1130. The third kappa shape index (κ3) is 3.44. The minimum absolute atomic E-state index is 0.0423. The zero-order valence-corrected chi connectivity index (χ0v) is 16.9. The third-order valence-corrected chi connectivity index (χ3v) is 5.58. The molecule has 0 radical (unpaired) electrons. The topological polar surface area (TPSA) is 107 Å². The van der Waals surface area contributed by atoms with Gasteiger partial charge in [0.25, 0.3) is 0 Å². The summed E-state index contributed by atoms with van der Waals surface area (Å²) >= 11 is 0. The number of ether oxygens (including phenoxy) is 1. The Kier molecular flexibility index (Phi) is 5.27. The molecule has 0 aliphatic carbocycles. The van der Waals surface area contributed by atoms with Crippen LogP contribution >= 0.6 is 0 Å². The van der Waals surface area contributed by atoms with E-state index in [4.69, 9.17) is 9.15 Å². The van der Waals surface area contributed by atoms with Crippen molar-refractivity contribution in [2.24, 2.45) is 0 Å². The predicted molar refractivity (Wildman–Crippen MR) is 112 cm³/mol. The van der Waals surface area contributed by atoms with Crippen molar-refractivity contribution in [3.8, 4) is 34.1 Å². The number of methoxy groups -OCH3 is 1. The molecule has 0 atom stereocenters. The van der Waals surface area contributed by atoms with Gasteiger partial charge in [-0.1, -0.05) is 12.1 Å². The van der Waals surface area contributed by atoms with E-state index in [2.05, 4.69) is 16.8 Å². The van der Waals surface area contributed by atoms with E-state index in [0.29, 0.717) is 17.7 Å². The molecule has 1 aliphatic rings. The monoisotopic (exact) mass is 412 g/mol. The average Bonchev–Trinajstić information content (AvgIpc) is 2.73. The van der Waals surface area contributed by atoms with Crippen LogP contribution in [-0.4, -0.2) is 65.5 Å². The number of nitrogens with zero attached hydrogens (tertiary/aromatic N) is 2. The standard InChI is InChI=1S/C22H24N2O6/c1-23-7-9-24(10-8-23)11-15-19(27)22(29-2)20(28)17-18(26)16(12-30-21(15)17)13-3-5-14(25)6-4-13/h3-6,12,25,27-28H,7-11H2,1-2H3. The lowest BCUT2D eigenvalue weighted by molar-refractivity contribution is 0.147. The lowest BCUT2D eigenvalue weighted by Crippen LogP contribution is -2.43. The first kappa shape index (κ1) is 20.1. The summed E-state index contributed by atoms with van der Waals surface area (Å²) in [5.41, 5.74) is 0.861. The maximum Gasteiger partial charge on any atom is 0.204 e. The Morgan fingerprint density at radius 3 is 2.33 bits per heavy atom. The summed E-state index contributed by atoms with van der Waals surface area (Å²) in [5, 5.41) is 30.9. The molecule has 1 aliphatic heterocycles. The molecule has 0 amide bonds. The lowest BCUT2D eigenvalue weighted by Gasteiger charge is -2.32.